The molecule has 0 aliphatic carbocycles. The van der Waals surface area contributed by atoms with Crippen molar-refractivity contribution in [1.29, 1.82) is 0 Å². The summed E-state index contributed by atoms with van der Waals surface area (Å²) in [6, 6.07) is 14.8. The Hall–Kier alpha value is -3.13. The summed E-state index contributed by atoms with van der Waals surface area (Å²) in [6.45, 7) is 2.38. The highest BCUT2D eigenvalue weighted by Gasteiger charge is 2.34. The van der Waals surface area contributed by atoms with E-state index in [4.69, 9.17) is 5.84 Å². The summed E-state index contributed by atoms with van der Waals surface area (Å²) in [7, 11) is 0. The molecular weight excluding hydrogens is 374 g/mol. The predicted molar refractivity (Wildman–Crippen MR) is 107 cm³/mol. The molecule has 2 heterocycles. The van der Waals surface area contributed by atoms with Crippen LogP contribution in [0.5, 0.6) is 0 Å². The zero-order chi connectivity index (χ0) is 19.7. The second-order valence-electron chi connectivity index (χ2n) is 6.55. The highest BCUT2D eigenvalue weighted by Crippen LogP contribution is 2.25. The SMILES string of the molecule is Cc1ccc(-c2nnc(SCCCN3C(=O)c4ccccc4C3=O)n2N)cc1. The van der Waals surface area contributed by atoms with Crippen LogP contribution in [-0.4, -0.2) is 43.9 Å². The van der Waals surface area contributed by atoms with Crippen molar-refractivity contribution in [2.75, 3.05) is 18.1 Å². The molecule has 3 aromatic rings. The minimum absolute atomic E-state index is 0.228. The monoisotopic (exact) mass is 393 g/mol. The number of amides is 2. The number of thioether (sulfide) groups is 1. The Labute approximate surface area is 166 Å². The molecule has 7 nitrogen and oxygen atoms in total. The number of nitrogens with two attached hydrogens (primary N) is 1. The maximum atomic E-state index is 12.4. The number of aromatic nitrogens is 3. The molecule has 1 aliphatic rings. The Morgan fingerprint density at radius 1 is 0.964 bits per heavy atom. The first-order valence-corrected chi connectivity index (χ1v) is 9.90. The third-order valence-electron chi connectivity index (χ3n) is 4.61. The molecule has 0 bridgehead atoms. The van der Waals surface area contributed by atoms with Gasteiger partial charge in [-0.25, -0.2) is 4.68 Å². The average Bonchev–Trinajstić information content (AvgIpc) is 3.19. The van der Waals surface area contributed by atoms with Crippen LogP contribution in [0, 0.1) is 6.92 Å². The van der Waals surface area contributed by atoms with Crippen molar-refractivity contribution in [3.63, 3.8) is 0 Å². The van der Waals surface area contributed by atoms with E-state index in [-0.39, 0.29) is 11.8 Å². The number of fused-ring (bicyclic) bond motifs is 1. The van der Waals surface area contributed by atoms with Gasteiger partial charge in [-0.2, -0.15) is 0 Å². The third-order valence-corrected chi connectivity index (χ3v) is 5.64. The summed E-state index contributed by atoms with van der Waals surface area (Å²) in [4.78, 5) is 26.0. The van der Waals surface area contributed by atoms with E-state index in [2.05, 4.69) is 10.2 Å². The number of aryl methyl sites for hydroxylation is 1. The van der Waals surface area contributed by atoms with Crippen LogP contribution in [0.3, 0.4) is 0 Å². The van der Waals surface area contributed by atoms with Gasteiger partial charge in [0.2, 0.25) is 5.16 Å². The molecule has 0 radical (unpaired) electrons. The third kappa shape index (κ3) is 3.27. The van der Waals surface area contributed by atoms with Crippen molar-refractivity contribution >= 4 is 23.6 Å². The van der Waals surface area contributed by atoms with Gasteiger partial charge < -0.3 is 5.84 Å². The van der Waals surface area contributed by atoms with Crippen molar-refractivity contribution in [3.05, 3.63) is 65.2 Å². The number of nitrogens with zero attached hydrogens (tertiary/aromatic N) is 4. The van der Waals surface area contributed by atoms with Gasteiger partial charge in [0.05, 0.1) is 11.1 Å². The highest BCUT2D eigenvalue weighted by atomic mass is 32.2. The topological polar surface area (TPSA) is 94.1 Å². The summed E-state index contributed by atoms with van der Waals surface area (Å²) in [5.74, 6) is 6.94. The predicted octanol–water partition coefficient (Wildman–Crippen LogP) is 2.75. The van der Waals surface area contributed by atoms with Gasteiger partial charge in [-0.1, -0.05) is 53.7 Å². The number of benzene rings is 2. The van der Waals surface area contributed by atoms with E-state index in [0.29, 0.717) is 40.8 Å². The Bertz CT molecular complexity index is 1010. The lowest BCUT2D eigenvalue weighted by molar-refractivity contribution is 0.0655. The summed E-state index contributed by atoms with van der Waals surface area (Å²) >= 11 is 1.45. The molecule has 142 valence electrons. The molecule has 4 rings (SSSR count). The van der Waals surface area contributed by atoms with E-state index in [9.17, 15) is 9.59 Å². The fourth-order valence-electron chi connectivity index (χ4n) is 3.10. The van der Waals surface area contributed by atoms with Gasteiger partial charge in [0.1, 0.15) is 0 Å². The zero-order valence-electron chi connectivity index (χ0n) is 15.3. The first-order chi connectivity index (χ1) is 13.6. The van der Waals surface area contributed by atoms with Gasteiger partial charge in [0, 0.05) is 17.9 Å². The summed E-state index contributed by atoms with van der Waals surface area (Å²) in [5.41, 5.74) is 3.02. The van der Waals surface area contributed by atoms with Crippen molar-refractivity contribution < 1.29 is 9.59 Å². The number of hydrogen-bond donors (Lipinski definition) is 1. The number of nitrogen functional groups attached to an aromatic ring is 1. The Balaban J connectivity index is 1.35. The fourth-order valence-corrected chi connectivity index (χ4v) is 3.88. The summed E-state index contributed by atoms with van der Waals surface area (Å²) in [5, 5.41) is 8.92. The molecular formula is C20H19N5O2S. The molecule has 0 fully saturated rings. The van der Waals surface area contributed by atoms with Crippen molar-refractivity contribution in [2.45, 2.75) is 18.5 Å². The molecule has 28 heavy (non-hydrogen) atoms. The van der Waals surface area contributed by atoms with E-state index in [1.165, 1.54) is 21.3 Å². The molecule has 0 saturated carbocycles. The second-order valence-corrected chi connectivity index (χ2v) is 7.61. The molecule has 0 saturated heterocycles. The molecule has 1 aliphatic heterocycles. The minimum Gasteiger partial charge on any atom is -0.335 e. The smallest absolute Gasteiger partial charge is 0.261 e. The van der Waals surface area contributed by atoms with Crippen LogP contribution in [0.4, 0.5) is 0 Å². The first kappa shape index (κ1) is 18.2. The Morgan fingerprint density at radius 2 is 1.61 bits per heavy atom. The summed E-state index contributed by atoms with van der Waals surface area (Å²) in [6.07, 6.45) is 0.642. The van der Waals surface area contributed by atoms with Crippen LogP contribution < -0.4 is 5.84 Å². The van der Waals surface area contributed by atoms with E-state index in [1.807, 2.05) is 31.2 Å². The Kier molecular flexibility index (Phi) is 4.87. The lowest BCUT2D eigenvalue weighted by Crippen LogP contribution is -2.31. The highest BCUT2D eigenvalue weighted by molar-refractivity contribution is 7.99. The zero-order valence-corrected chi connectivity index (χ0v) is 16.1. The molecule has 2 amide bonds. The van der Waals surface area contributed by atoms with Crippen LogP contribution in [-0.2, 0) is 0 Å². The molecule has 0 atom stereocenters. The first-order valence-electron chi connectivity index (χ1n) is 8.92. The van der Waals surface area contributed by atoms with Gasteiger partial charge in [0.25, 0.3) is 11.8 Å². The minimum atomic E-state index is -0.228. The number of carbonyl (C=O) groups excluding carboxylic acids is 2. The molecule has 1 aromatic heterocycles. The number of imide groups is 1. The number of hydrogen-bond acceptors (Lipinski definition) is 6. The quantitative estimate of drug-likeness (QED) is 0.300. The van der Waals surface area contributed by atoms with Crippen molar-refractivity contribution in [2.24, 2.45) is 0 Å². The van der Waals surface area contributed by atoms with Crippen molar-refractivity contribution in [1.82, 2.24) is 19.8 Å². The lowest BCUT2D eigenvalue weighted by atomic mass is 10.1. The second kappa shape index (κ2) is 7.47. The number of carbonyl (C=O) groups is 2. The van der Waals surface area contributed by atoms with Crippen molar-refractivity contribution in [3.8, 4) is 11.4 Å². The van der Waals surface area contributed by atoms with Crippen LogP contribution in [0.2, 0.25) is 0 Å². The van der Waals surface area contributed by atoms with Gasteiger partial charge in [0.15, 0.2) is 5.82 Å². The maximum Gasteiger partial charge on any atom is 0.261 e. The van der Waals surface area contributed by atoms with Crippen LogP contribution >= 0.6 is 11.8 Å². The van der Waals surface area contributed by atoms with Gasteiger partial charge in [-0.3, -0.25) is 14.5 Å². The maximum absolute atomic E-state index is 12.4. The van der Waals surface area contributed by atoms with E-state index >= 15 is 0 Å². The van der Waals surface area contributed by atoms with Gasteiger partial charge >= 0.3 is 0 Å². The Morgan fingerprint density at radius 3 is 2.25 bits per heavy atom. The van der Waals surface area contributed by atoms with Crippen LogP contribution in [0.1, 0.15) is 32.7 Å². The van der Waals surface area contributed by atoms with Gasteiger partial charge in [-0.15, -0.1) is 10.2 Å². The average molecular weight is 393 g/mol. The molecule has 0 spiro atoms. The molecule has 0 unspecified atom stereocenters. The fraction of sp³-hybridized carbons (Fsp3) is 0.200. The van der Waals surface area contributed by atoms with Gasteiger partial charge in [-0.05, 0) is 25.5 Å². The van der Waals surface area contributed by atoms with E-state index in [1.54, 1.807) is 24.3 Å². The summed E-state index contributed by atoms with van der Waals surface area (Å²) < 4.78 is 1.47. The molecule has 8 heteroatoms. The molecule has 2 aromatic carbocycles. The lowest BCUT2D eigenvalue weighted by Gasteiger charge is -2.13. The largest absolute Gasteiger partial charge is 0.335 e. The normalized spacial score (nSPS) is 13.2. The van der Waals surface area contributed by atoms with E-state index < -0.39 is 0 Å². The number of rotatable bonds is 6. The van der Waals surface area contributed by atoms with E-state index in [0.717, 1.165) is 11.1 Å². The van der Waals surface area contributed by atoms with Crippen LogP contribution in [0.15, 0.2) is 53.7 Å². The van der Waals surface area contributed by atoms with Crippen LogP contribution in [0.25, 0.3) is 11.4 Å². The molecule has 2 N–H and O–H groups in total. The standard InChI is InChI=1S/C20H19N5O2S/c1-13-7-9-14(10-8-13)17-22-23-20(25(17)21)28-12-4-11-24-18(26)15-5-2-3-6-16(15)19(24)27/h2-3,5-10H,4,11-12,21H2,1H3.